The summed E-state index contributed by atoms with van der Waals surface area (Å²) in [6.07, 6.45) is 2.04. The van der Waals surface area contributed by atoms with Crippen LogP contribution in [-0.4, -0.2) is 56.8 Å². The summed E-state index contributed by atoms with van der Waals surface area (Å²) in [5.74, 6) is -2.24. The molecule has 1 aliphatic rings. The number of hydrogen-bond donors (Lipinski definition) is 1. The monoisotopic (exact) mass is 461 g/mol. The fourth-order valence-corrected chi connectivity index (χ4v) is 4.07. The number of Topliss-reactive ketones (excluding diaryl/α,β-unsaturated/α-hetero) is 1. The Kier molecular flexibility index (Phi) is 6.27. The van der Waals surface area contributed by atoms with Crippen molar-refractivity contribution in [3.63, 3.8) is 0 Å². The number of carbonyl (C=O) groups is 4. The normalized spacial score (nSPS) is 12.7. The minimum absolute atomic E-state index is 0.0820. The van der Waals surface area contributed by atoms with Crippen LogP contribution in [0.15, 0.2) is 48.7 Å². The molecule has 9 heteroatoms. The van der Waals surface area contributed by atoms with Crippen LogP contribution < -0.4 is 0 Å². The molecule has 174 valence electrons. The van der Waals surface area contributed by atoms with E-state index in [4.69, 9.17) is 4.74 Å². The smallest absolute Gasteiger partial charge is 0.337 e. The van der Waals surface area contributed by atoms with Crippen LogP contribution in [0.1, 0.15) is 49.3 Å². The zero-order valence-corrected chi connectivity index (χ0v) is 18.8. The second kappa shape index (κ2) is 9.30. The van der Waals surface area contributed by atoms with Crippen LogP contribution in [0.25, 0.3) is 11.4 Å². The van der Waals surface area contributed by atoms with Gasteiger partial charge >= 0.3 is 11.9 Å². The van der Waals surface area contributed by atoms with Crippen molar-refractivity contribution in [2.45, 2.75) is 26.4 Å². The van der Waals surface area contributed by atoms with Gasteiger partial charge in [0, 0.05) is 31.8 Å². The van der Waals surface area contributed by atoms with E-state index in [1.165, 1.54) is 48.6 Å². The van der Waals surface area contributed by atoms with Crippen molar-refractivity contribution in [3.8, 4) is 11.4 Å². The molecule has 0 atom stereocenters. The van der Waals surface area contributed by atoms with Gasteiger partial charge < -0.3 is 19.3 Å². The molecule has 1 aliphatic heterocycles. The van der Waals surface area contributed by atoms with E-state index in [0.29, 0.717) is 25.1 Å². The van der Waals surface area contributed by atoms with Gasteiger partial charge in [-0.1, -0.05) is 24.3 Å². The number of esters is 1. The number of carboxylic acids is 1. The topological polar surface area (TPSA) is 119 Å². The van der Waals surface area contributed by atoms with Crippen LogP contribution in [-0.2, 0) is 29.0 Å². The standard InChI is InChI=1S/C25H23N3O6/c1-15(29)21-13-28(14-22(30)31)23(26-21)19-8-7-17(25(33)34-2)11-20(19)24(32)27-10-9-16-5-3-4-6-18(16)12-27/h3-8,11,13H,9-10,12,14H2,1-2H3,(H,30,31). The molecule has 0 bridgehead atoms. The highest BCUT2D eigenvalue weighted by atomic mass is 16.5. The summed E-state index contributed by atoms with van der Waals surface area (Å²) in [4.78, 5) is 55.2. The lowest BCUT2D eigenvalue weighted by Gasteiger charge is -2.29. The molecule has 0 fully saturated rings. The average Bonchev–Trinajstić information content (AvgIpc) is 3.25. The Bertz CT molecular complexity index is 1310. The van der Waals surface area contributed by atoms with Crippen molar-refractivity contribution in [1.82, 2.24) is 14.5 Å². The molecule has 0 saturated heterocycles. The van der Waals surface area contributed by atoms with E-state index in [9.17, 15) is 24.3 Å². The Morgan fingerprint density at radius 2 is 1.82 bits per heavy atom. The number of nitrogens with zero attached hydrogens (tertiary/aromatic N) is 3. The fraction of sp³-hybridized carbons (Fsp3) is 0.240. The van der Waals surface area contributed by atoms with E-state index in [1.807, 2.05) is 24.3 Å². The third-order valence-electron chi connectivity index (χ3n) is 5.77. The fourth-order valence-electron chi connectivity index (χ4n) is 4.07. The van der Waals surface area contributed by atoms with E-state index < -0.39 is 18.5 Å². The van der Waals surface area contributed by atoms with E-state index in [2.05, 4.69) is 4.98 Å². The minimum Gasteiger partial charge on any atom is -0.480 e. The Hall–Kier alpha value is -4.27. The number of methoxy groups -OCH3 is 1. The van der Waals surface area contributed by atoms with Gasteiger partial charge in [0.1, 0.15) is 18.1 Å². The summed E-state index contributed by atoms with van der Waals surface area (Å²) in [6.45, 7) is 1.77. The Morgan fingerprint density at radius 3 is 2.50 bits per heavy atom. The van der Waals surface area contributed by atoms with Gasteiger partial charge in [-0.05, 0) is 35.7 Å². The number of fused-ring (bicyclic) bond motifs is 1. The molecule has 3 aromatic rings. The molecule has 2 aromatic carbocycles. The molecule has 1 N–H and O–H groups in total. The van der Waals surface area contributed by atoms with Gasteiger partial charge in [0.25, 0.3) is 5.91 Å². The van der Waals surface area contributed by atoms with Crippen molar-refractivity contribution in [1.29, 1.82) is 0 Å². The highest BCUT2D eigenvalue weighted by molar-refractivity contribution is 6.03. The summed E-state index contributed by atoms with van der Waals surface area (Å²) >= 11 is 0. The van der Waals surface area contributed by atoms with Crippen LogP contribution in [0.3, 0.4) is 0 Å². The third kappa shape index (κ3) is 4.45. The SMILES string of the molecule is COC(=O)c1ccc(-c2nc(C(C)=O)cn2CC(=O)O)c(C(=O)N2CCc3ccccc3C2)c1. The number of hydrogen-bond acceptors (Lipinski definition) is 6. The predicted octanol–water partition coefficient (Wildman–Crippen LogP) is 2.82. The molecule has 2 heterocycles. The van der Waals surface area contributed by atoms with Gasteiger partial charge in [0.15, 0.2) is 5.78 Å². The number of carboxylic acid groups (broad SMARTS) is 1. The summed E-state index contributed by atoms with van der Waals surface area (Å²) in [7, 11) is 1.25. The van der Waals surface area contributed by atoms with Crippen LogP contribution in [0.2, 0.25) is 0 Å². The molecule has 9 nitrogen and oxygen atoms in total. The summed E-state index contributed by atoms with van der Waals surface area (Å²) < 4.78 is 6.13. The van der Waals surface area contributed by atoms with Gasteiger partial charge in [-0.2, -0.15) is 0 Å². The lowest BCUT2D eigenvalue weighted by atomic mass is 9.97. The second-order valence-corrected chi connectivity index (χ2v) is 8.02. The lowest BCUT2D eigenvalue weighted by Crippen LogP contribution is -2.36. The quantitative estimate of drug-likeness (QED) is 0.443. The molecule has 4 rings (SSSR count). The molecule has 1 aromatic heterocycles. The summed E-state index contributed by atoms with van der Waals surface area (Å²) in [5.41, 5.74) is 2.98. The number of aromatic nitrogens is 2. The van der Waals surface area contributed by atoms with Crippen molar-refractivity contribution >= 4 is 23.6 Å². The number of aliphatic carboxylic acids is 1. The van der Waals surface area contributed by atoms with Gasteiger partial charge in [0.2, 0.25) is 0 Å². The highest BCUT2D eigenvalue weighted by Crippen LogP contribution is 2.28. The van der Waals surface area contributed by atoms with Crippen molar-refractivity contribution in [2.24, 2.45) is 0 Å². The maximum Gasteiger partial charge on any atom is 0.337 e. The molecule has 0 unspecified atom stereocenters. The lowest BCUT2D eigenvalue weighted by molar-refractivity contribution is -0.137. The van der Waals surface area contributed by atoms with Gasteiger partial charge in [-0.15, -0.1) is 0 Å². The number of ether oxygens (including phenoxy) is 1. The number of carbonyl (C=O) groups excluding carboxylic acids is 3. The van der Waals surface area contributed by atoms with Gasteiger partial charge in [-0.25, -0.2) is 9.78 Å². The van der Waals surface area contributed by atoms with Crippen molar-refractivity contribution in [3.05, 3.63) is 76.6 Å². The zero-order valence-electron chi connectivity index (χ0n) is 18.8. The number of imidazole rings is 1. The maximum absolute atomic E-state index is 13.7. The van der Waals surface area contributed by atoms with E-state index in [0.717, 1.165) is 5.56 Å². The first-order valence-electron chi connectivity index (χ1n) is 10.7. The molecular weight excluding hydrogens is 438 g/mol. The molecule has 1 amide bonds. The Balaban J connectivity index is 1.82. The Morgan fingerprint density at radius 1 is 1.09 bits per heavy atom. The van der Waals surface area contributed by atoms with Crippen LogP contribution in [0.5, 0.6) is 0 Å². The largest absolute Gasteiger partial charge is 0.480 e. The van der Waals surface area contributed by atoms with Gasteiger partial charge in [-0.3, -0.25) is 14.4 Å². The van der Waals surface area contributed by atoms with E-state index >= 15 is 0 Å². The maximum atomic E-state index is 13.7. The predicted molar refractivity (Wildman–Crippen MR) is 122 cm³/mol. The molecule has 34 heavy (non-hydrogen) atoms. The second-order valence-electron chi connectivity index (χ2n) is 8.02. The minimum atomic E-state index is -1.12. The van der Waals surface area contributed by atoms with E-state index in [1.54, 1.807) is 4.90 Å². The molecule has 0 radical (unpaired) electrons. The summed E-state index contributed by atoms with van der Waals surface area (Å²) in [6, 6.07) is 12.3. The number of amides is 1. The van der Waals surface area contributed by atoms with Crippen LogP contribution in [0.4, 0.5) is 0 Å². The molecule has 0 spiro atoms. The average molecular weight is 461 g/mol. The molecule has 0 aliphatic carbocycles. The summed E-state index contributed by atoms with van der Waals surface area (Å²) in [5, 5.41) is 9.34. The van der Waals surface area contributed by atoms with E-state index in [-0.39, 0.29) is 34.3 Å². The first-order chi connectivity index (χ1) is 16.3. The zero-order chi connectivity index (χ0) is 24.4. The van der Waals surface area contributed by atoms with Crippen LogP contribution >= 0.6 is 0 Å². The van der Waals surface area contributed by atoms with Crippen molar-refractivity contribution in [2.75, 3.05) is 13.7 Å². The number of rotatable bonds is 6. The number of benzene rings is 2. The third-order valence-corrected chi connectivity index (χ3v) is 5.77. The van der Waals surface area contributed by atoms with Crippen molar-refractivity contribution < 1.29 is 29.0 Å². The Labute approximate surface area is 195 Å². The van der Waals surface area contributed by atoms with Gasteiger partial charge in [0.05, 0.1) is 18.2 Å². The molecule has 0 saturated carbocycles. The highest BCUT2D eigenvalue weighted by Gasteiger charge is 2.27. The number of ketones is 1. The first-order valence-corrected chi connectivity index (χ1v) is 10.7. The van der Waals surface area contributed by atoms with Crippen LogP contribution in [0, 0.1) is 0 Å². The first kappa shape index (κ1) is 22.9. The molecular formula is C25H23N3O6.